The predicted octanol–water partition coefficient (Wildman–Crippen LogP) is 2.27. The molecular weight excluding hydrogens is 283 g/mol. The summed E-state index contributed by atoms with van der Waals surface area (Å²) in [6, 6.07) is 7.12. The van der Waals surface area contributed by atoms with Gasteiger partial charge in [0.15, 0.2) is 5.66 Å². The minimum absolute atomic E-state index is 0.169. The summed E-state index contributed by atoms with van der Waals surface area (Å²) in [6.07, 6.45) is 0.169. The zero-order chi connectivity index (χ0) is 15.2. The lowest BCUT2D eigenvalue weighted by Crippen LogP contribution is -2.26. The number of benzene rings is 1. The molecule has 1 aromatic rings. The molecule has 0 aliphatic heterocycles. The summed E-state index contributed by atoms with van der Waals surface area (Å²) >= 11 is 0. The summed E-state index contributed by atoms with van der Waals surface area (Å²) in [4.78, 5) is 11.8. The average Bonchev–Trinajstić information content (AvgIpc) is 2.51. The molecule has 0 saturated heterocycles. The minimum Gasteiger partial charge on any atom is -0.497 e. The van der Waals surface area contributed by atoms with Crippen LogP contribution in [0.5, 0.6) is 5.75 Å². The van der Waals surface area contributed by atoms with Crippen LogP contribution in [0.25, 0.3) is 0 Å². The Morgan fingerprint density at radius 1 is 1.20 bits per heavy atom. The third-order valence-electron chi connectivity index (χ3n) is 2.93. The molecule has 0 bridgehead atoms. The molecule has 0 N–H and O–H groups in total. The maximum atomic E-state index is 12.4. The first-order valence-electron chi connectivity index (χ1n) is 5.92. The predicted molar refractivity (Wildman–Crippen MR) is 74.1 cm³/mol. The molecule has 6 nitrogen and oxygen atoms in total. The number of methoxy groups -OCH3 is 2. The Bertz CT molecular complexity index is 493. The van der Waals surface area contributed by atoms with Crippen molar-refractivity contribution in [1.82, 2.24) is 0 Å². The third kappa shape index (κ3) is 3.82. The summed E-state index contributed by atoms with van der Waals surface area (Å²) in [5.41, 5.74) is -0.247. The Kier molecular flexibility index (Phi) is 6.20. The highest BCUT2D eigenvalue weighted by molar-refractivity contribution is 7.55. The lowest BCUT2D eigenvalue weighted by molar-refractivity contribution is -0.140. The van der Waals surface area contributed by atoms with E-state index in [2.05, 4.69) is 4.74 Å². The van der Waals surface area contributed by atoms with Gasteiger partial charge in [-0.15, -0.1) is 0 Å². The van der Waals surface area contributed by atoms with E-state index in [0.29, 0.717) is 5.75 Å². The zero-order valence-corrected chi connectivity index (χ0v) is 12.9. The van der Waals surface area contributed by atoms with E-state index in [-0.39, 0.29) is 6.42 Å². The summed E-state index contributed by atoms with van der Waals surface area (Å²) in [5, 5.41) is 0. The fourth-order valence-corrected chi connectivity index (χ4v) is 3.27. The van der Waals surface area contributed by atoms with Crippen molar-refractivity contribution in [2.45, 2.75) is 12.1 Å². The summed E-state index contributed by atoms with van der Waals surface area (Å²) in [5.74, 6) is 0.00985. The number of carbonyl (C=O) groups is 1. The van der Waals surface area contributed by atoms with Crippen molar-refractivity contribution in [3.05, 3.63) is 29.8 Å². The summed E-state index contributed by atoms with van der Waals surface area (Å²) < 4.78 is 32.0. The molecule has 0 aliphatic carbocycles. The molecule has 112 valence electrons. The highest BCUT2D eigenvalue weighted by atomic mass is 31.2. The Morgan fingerprint density at radius 2 is 1.85 bits per heavy atom. The molecule has 1 rings (SSSR count). The van der Waals surface area contributed by atoms with Crippen LogP contribution in [0.4, 0.5) is 0 Å². The van der Waals surface area contributed by atoms with Gasteiger partial charge in [0.1, 0.15) is 5.75 Å². The molecule has 0 saturated carbocycles. The second-order valence-electron chi connectivity index (χ2n) is 4.00. The van der Waals surface area contributed by atoms with E-state index in [4.69, 9.17) is 13.8 Å². The number of hydrogen-bond donors (Lipinski definition) is 0. The van der Waals surface area contributed by atoms with Crippen molar-refractivity contribution in [2.24, 2.45) is 0 Å². The normalized spacial score (nSPS) is 12.8. The van der Waals surface area contributed by atoms with E-state index in [1.54, 1.807) is 31.4 Å². The molecule has 0 aromatic heterocycles. The van der Waals surface area contributed by atoms with Crippen LogP contribution < -0.4 is 4.74 Å². The maximum absolute atomic E-state index is 12.4. The van der Waals surface area contributed by atoms with E-state index >= 15 is 0 Å². The van der Waals surface area contributed by atoms with Crippen LogP contribution in [0.2, 0.25) is 0 Å². The molecule has 0 heterocycles. The van der Waals surface area contributed by atoms with Gasteiger partial charge in [0.05, 0.1) is 14.2 Å². The SMILES string of the molecule is COC(=O)C(Cc1cccc(OC)c1)P(=O)(OC)OC. The fourth-order valence-electron chi connectivity index (χ4n) is 1.81. The molecule has 0 amide bonds. The third-order valence-corrected chi connectivity index (χ3v) is 5.10. The zero-order valence-electron chi connectivity index (χ0n) is 12.0. The molecular formula is C13H19O6P. The van der Waals surface area contributed by atoms with E-state index in [9.17, 15) is 9.36 Å². The van der Waals surface area contributed by atoms with Crippen LogP contribution in [0.3, 0.4) is 0 Å². The van der Waals surface area contributed by atoms with Gasteiger partial charge in [0.2, 0.25) is 0 Å². The van der Waals surface area contributed by atoms with Crippen LogP contribution in [-0.4, -0.2) is 40.1 Å². The average molecular weight is 302 g/mol. The van der Waals surface area contributed by atoms with Gasteiger partial charge >= 0.3 is 13.6 Å². The number of rotatable bonds is 7. The van der Waals surface area contributed by atoms with Crippen molar-refractivity contribution in [3.8, 4) is 5.75 Å². The van der Waals surface area contributed by atoms with E-state index in [1.807, 2.05) is 0 Å². The van der Waals surface area contributed by atoms with E-state index < -0.39 is 19.2 Å². The van der Waals surface area contributed by atoms with Crippen molar-refractivity contribution in [2.75, 3.05) is 28.4 Å². The summed E-state index contributed by atoms with van der Waals surface area (Å²) in [6.45, 7) is 0. The Labute approximate surface area is 118 Å². The van der Waals surface area contributed by atoms with Crippen LogP contribution in [0.1, 0.15) is 5.56 Å². The molecule has 1 aromatic carbocycles. The van der Waals surface area contributed by atoms with Crippen LogP contribution in [0.15, 0.2) is 24.3 Å². The van der Waals surface area contributed by atoms with Crippen molar-refractivity contribution < 1.29 is 27.9 Å². The highest BCUT2D eigenvalue weighted by Gasteiger charge is 2.40. The molecule has 0 radical (unpaired) electrons. The maximum Gasteiger partial charge on any atom is 0.344 e. The first-order valence-corrected chi connectivity index (χ1v) is 7.53. The molecule has 20 heavy (non-hydrogen) atoms. The first-order chi connectivity index (χ1) is 9.50. The monoisotopic (exact) mass is 302 g/mol. The number of esters is 1. The van der Waals surface area contributed by atoms with Crippen LogP contribution in [-0.2, 0) is 29.6 Å². The van der Waals surface area contributed by atoms with Crippen LogP contribution in [0, 0.1) is 0 Å². The van der Waals surface area contributed by atoms with Gasteiger partial charge in [-0.05, 0) is 24.1 Å². The number of ether oxygens (including phenoxy) is 2. The van der Waals surface area contributed by atoms with Crippen molar-refractivity contribution in [1.29, 1.82) is 0 Å². The topological polar surface area (TPSA) is 71.1 Å². The molecule has 0 fully saturated rings. The molecule has 1 unspecified atom stereocenters. The lowest BCUT2D eigenvalue weighted by Gasteiger charge is -2.22. The first kappa shape index (κ1) is 16.7. The van der Waals surface area contributed by atoms with Gasteiger partial charge in [0.25, 0.3) is 0 Å². The Balaban J connectivity index is 3.06. The van der Waals surface area contributed by atoms with Gasteiger partial charge < -0.3 is 18.5 Å². The Morgan fingerprint density at radius 3 is 2.35 bits per heavy atom. The molecule has 1 atom stereocenters. The fraction of sp³-hybridized carbons (Fsp3) is 0.462. The second-order valence-corrected chi connectivity index (χ2v) is 6.43. The van der Waals surface area contributed by atoms with Crippen LogP contribution >= 0.6 is 7.60 Å². The number of carbonyl (C=O) groups excluding carboxylic acids is 1. The molecule has 0 aliphatic rings. The standard InChI is InChI=1S/C13H19O6P/c1-16-11-7-5-6-10(8-11)9-12(13(14)17-2)20(15,18-3)19-4/h5-8,12H,9H2,1-4H3. The van der Waals surface area contributed by atoms with Gasteiger partial charge in [-0.2, -0.15) is 0 Å². The van der Waals surface area contributed by atoms with E-state index in [0.717, 1.165) is 5.56 Å². The van der Waals surface area contributed by atoms with E-state index in [1.165, 1.54) is 21.3 Å². The van der Waals surface area contributed by atoms with Crippen molar-refractivity contribution in [3.63, 3.8) is 0 Å². The van der Waals surface area contributed by atoms with Crippen molar-refractivity contribution >= 4 is 13.6 Å². The quantitative estimate of drug-likeness (QED) is 0.568. The number of hydrogen-bond acceptors (Lipinski definition) is 6. The lowest BCUT2D eigenvalue weighted by atomic mass is 10.1. The van der Waals surface area contributed by atoms with Gasteiger partial charge in [-0.1, -0.05) is 12.1 Å². The smallest absolute Gasteiger partial charge is 0.344 e. The molecule has 0 spiro atoms. The van der Waals surface area contributed by atoms with Gasteiger partial charge in [-0.3, -0.25) is 9.36 Å². The minimum atomic E-state index is -3.57. The highest BCUT2D eigenvalue weighted by Crippen LogP contribution is 2.53. The van der Waals surface area contributed by atoms with Gasteiger partial charge in [-0.25, -0.2) is 0 Å². The summed E-state index contributed by atoms with van der Waals surface area (Å²) in [7, 11) is 1.70. The second kappa shape index (κ2) is 7.43. The van der Waals surface area contributed by atoms with Gasteiger partial charge in [0, 0.05) is 14.2 Å². The largest absolute Gasteiger partial charge is 0.497 e. The molecule has 7 heteroatoms. The Hall–Kier alpha value is -1.36.